The van der Waals surface area contributed by atoms with E-state index in [1.807, 2.05) is 0 Å². The summed E-state index contributed by atoms with van der Waals surface area (Å²) in [5.74, 6) is -1.59. The lowest BCUT2D eigenvalue weighted by Gasteiger charge is -2.44. The summed E-state index contributed by atoms with van der Waals surface area (Å²) in [4.78, 5) is 78.0. The zero-order chi connectivity index (χ0) is 45.8. The molecule has 0 aromatic heterocycles. The van der Waals surface area contributed by atoms with Crippen molar-refractivity contribution in [3.8, 4) is 0 Å². The molecule has 0 aromatic rings. The van der Waals surface area contributed by atoms with Crippen molar-refractivity contribution in [1.29, 1.82) is 0 Å². The zero-order valence-electron chi connectivity index (χ0n) is 35.2. The highest BCUT2D eigenvalue weighted by molar-refractivity contribution is 5.92. The fourth-order valence-electron chi connectivity index (χ4n) is 7.32. The third kappa shape index (κ3) is 18.1. The van der Waals surface area contributed by atoms with Crippen LogP contribution in [0.2, 0.25) is 0 Å². The summed E-state index contributed by atoms with van der Waals surface area (Å²) in [5, 5.41) is 50.8. The maximum Gasteiger partial charge on any atom is 0.404 e. The van der Waals surface area contributed by atoms with Gasteiger partial charge in [-0.1, -0.05) is 0 Å². The zero-order valence-corrected chi connectivity index (χ0v) is 35.2. The van der Waals surface area contributed by atoms with Crippen molar-refractivity contribution >= 4 is 41.6 Å². The van der Waals surface area contributed by atoms with Crippen LogP contribution >= 0.6 is 0 Å². The predicted molar refractivity (Wildman–Crippen MR) is 224 cm³/mol. The molecule has 0 aromatic carbocycles. The third-order valence-electron chi connectivity index (χ3n) is 10.6. The van der Waals surface area contributed by atoms with Crippen LogP contribution in [-0.2, 0) is 33.4 Å². The quantitative estimate of drug-likeness (QED) is 0.0341. The minimum atomic E-state index is -1.64. The van der Waals surface area contributed by atoms with Gasteiger partial charge in [0, 0.05) is 76.0 Å². The fraction of sp³-hybridized carbons (Fsp3) is 0.811. The number of aliphatic imine (C=N–C) groups is 1. The van der Waals surface area contributed by atoms with E-state index in [-0.39, 0.29) is 74.5 Å². The van der Waals surface area contributed by atoms with Crippen LogP contribution in [-0.4, -0.2) is 169 Å². The third-order valence-corrected chi connectivity index (χ3v) is 10.6. The molecule has 6 amide bonds. The summed E-state index contributed by atoms with van der Waals surface area (Å²) in [7, 11) is 0. The molecule has 12 atom stereocenters. The molecule has 22 N–H and O–H groups in total. The molecule has 3 aliphatic heterocycles. The average molecular weight is 887 g/mol. The molecule has 25 nitrogen and oxygen atoms in total. The first-order valence-corrected chi connectivity index (χ1v) is 21.3. The van der Waals surface area contributed by atoms with E-state index < -0.39 is 85.4 Å². The van der Waals surface area contributed by atoms with Gasteiger partial charge >= 0.3 is 6.09 Å². The molecule has 0 aliphatic carbocycles. The number of aliphatic hydroxyl groups excluding tert-OH is 3. The normalized spacial score (nSPS) is 26.3. The molecule has 3 aliphatic rings. The van der Waals surface area contributed by atoms with Gasteiger partial charge in [0.15, 0.2) is 24.3 Å². The van der Waals surface area contributed by atoms with E-state index in [2.05, 4.69) is 42.2 Å². The Bertz CT molecular complexity index is 1500. The van der Waals surface area contributed by atoms with Gasteiger partial charge in [0.1, 0.15) is 18.2 Å². The lowest BCUT2D eigenvalue weighted by atomic mass is 9.95. The number of ether oxygens (including phenoxy) is 2. The second-order valence-corrected chi connectivity index (χ2v) is 16.1. The number of amides is 6. The molecular weight excluding hydrogens is 816 g/mol. The predicted octanol–water partition coefficient (Wildman–Crippen LogP) is -6.91. The highest BCUT2D eigenvalue weighted by Gasteiger charge is 2.49. The van der Waals surface area contributed by atoms with Crippen molar-refractivity contribution in [3.05, 3.63) is 0 Å². The second-order valence-electron chi connectivity index (χ2n) is 16.1. The van der Waals surface area contributed by atoms with E-state index in [1.165, 1.54) is 0 Å². The van der Waals surface area contributed by atoms with Crippen molar-refractivity contribution in [2.24, 2.45) is 39.4 Å². The number of hydrogen-bond donors (Lipinski definition) is 16. The number of rotatable bonds is 27. The van der Waals surface area contributed by atoms with E-state index in [9.17, 15) is 44.1 Å². The SMILES string of the molecule is NCCC[C@H](N)CC(=O)NCCC[C@H](N)CC(=O)NCCC[C@H](N)CC(=O)NCCC[C@H](N)CC(=O)N[C@H]1[C@H](O)[C@@H](OC(N)=O)[C@H](CO)O[C@@H]1NC1=N[C@@H]2C(=O)NC[C@@H](O)[C@H]2N1. The lowest BCUT2D eigenvalue weighted by molar-refractivity contribution is -0.198. The van der Waals surface area contributed by atoms with Gasteiger partial charge in [-0.05, 0) is 57.9 Å². The van der Waals surface area contributed by atoms with Gasteiger partial charge in [-0.25, -0.2) is 9.79 Å². The summed E-state index contributed by atoms with van der Waals surface area (Å²) in [5.41, 5.74) is 35.0. The van der Waals surface area contributed by atoms with Crippen molar-refractivity contribution in [2.45, 2.75) is 150 Å². The molecule has 354 valence electrons. The number of guanidine groups is 1. The van der Waals surface area contributed by atoms with Crippen LogP contribution in [0.1, 0.15) is 77.0 Å². The summed E-state index contributed by atoms with van der Waals surface area (Å²) in [6.07, 6.45) is -3.15. The van der Waals surface area contributed by atoms with E-state index in [4.69, 9.17) is 43.9 Å². The molecule has 0 spiro atoms. The summed E-state index contributed by atoms with van der Waals surface area (Å²) >= 11 is 0. The van der Waals surface area contributed by atoms with Gasteiger partial charge in [0.25, 0.3) is 0 Å². The van der Waals surface area contributed by atoms with Gasteiger partial charge in [-0.2, -0.15) is 0 Å². The van der Waals surface area contributed by atoms with Gasteiger partial charge < -0.3 is 96.4 Å². The summed E-state index contributed by atoms with van der Waals surface area (Å²) < 4.78 is 10.9. The van der Waals surface area contributed by atoms with E-state index in [1.54, 1.807) is 0 Å². The summed E-state index contributed by atoms with van der Waals surface area (Å²) in [6, 6.07) is -4.69. The minimum Gasteiger partial charge on any atom is -0.441 e. The van der Waals surface area contributed by atoms with Crippen LogP contribution in [0.3, 0.4) is 0 Å². The maximum absolute atomic E-state index is 13.2. The van der Waals surface area contributed by atoms with Gasteiger partial charge in [-0.15, -0.1) is 0 Å². The van der Waals surface area contributed by atoms with Crippen LogP contribution in [0.15, 0.2) is 4.99 Å². The molecule has 0 saturated carbocycles. The van der Waals surface area contributed by atoms with Crippen LogP contribution in [0.4, 0.5) is 4.79 Å². The summed E-state index contributed by atoms with van der Waals surface area (Å²) in [6.45, 7) is 0.932. The van der Waals surface area contributed by atoms with Crippen molar-refractivity contribution in [1.82, 2.24) is 37.2 Å². The lowest BCUT2D eigenvalue weighted by Crippen LogP contribution is -2.70. The van der Waals surface area contributed by atoms with Crippen molar-refractivity contribution in [3.63, 3.8) is 0 Å². The Balaban J connectivity index is 1.31. The topological polar surface area (TPSA) is 434 Å². The number of piperidine rings is 1. The number of primary amides is 1. The van der Waals surface area contributed by atoms with Crippen LogP contribution in [0, 0.1) is 0 Å². The van der Waals surface area contributed by atoms with E-state index in [0.717, 1.165) is 6.42 Å². The molecule has 0 bridgehead atoms. The number of carbonyl (C=O) groups excluding carboxylic acids is 6. The maximum atomic E-state index is 13.2. The molecule has 62 heavy (non-hydrogen) atoms. The Kier molecular flexibility index (Phi) is 22.5. The first kappa shape index (κ1) is 51.9. The monoisotopic (exact) mass is 887 g/mol. The molecule has 0 radical (unpaired) electrons. The van der Waals surface area contributed by atoms with Gasteiger partial charge in [-0.3, -0.25) is 24.0 Å². The van der Waals surface area contributed by atoms with Crippen LogP contribution in [0.5, 0.6) is 0 Å². The number of nitrogens with one attached hydrogen (secondary N) is 7. The average Bonchev–Trinajstić information content (AvgIpc) is 3.64. The fourth-order valence-corrected chi connectivity index (χ4v) is 7.32. The number of fused-ring (bicyclic) bond motifs is 1. The van der Waals surface area contributed by atoms with Crippen LogP contribution < -0.4 is 71.6 Å². The number of carbonyl (C=O) groups is 6. The van der Waals surface area contributed by atoms with Gasteiger partial charge in [0.2, 0.25) is 29.5 Å². The van der Waals surface area contributed by atoms with E-state index in [0.29, 0.717) is 64.6 Å². The number of hydrogen-bond acceptors (Lipinski definition) is 19. The molecule has 2 saturated heterocycles. The first-order chi connectivity index (χ1) is 29.5. The Hall–Kier alpha value is -4.47. The first-order valence-electron chi connectivity index (χ1n) is 21.3. The van der Waals surface area contributed by atoms with Crippen molar-refractivity contribution < 1.29 is 53.6 Å². The highest BCUT2D eigenvalue weighted by atomic mass is 16.6. The molecule has 2 fully saturated rings. The smallest absolute Gasteiger partial charge is 0.404 e. The Morgan fingerprint density at radius 2 is 1.27 bits per heavy atom. The molecule has 0 unspecified atom stereocenters. The minimum absolute atomic E-state index is 0.00971. The molecular formula is C37H70N14O11. The molecule has 3 heterocycles. The number of nitrogens with zero attached hydrogens (tertiary/aromatic N) is 1. The molecule has 25 heteroatoms. The Labute approximate surface area is 360 Å². The van der Waals surface area contributed by atoms with Crippen LogP contribution in [0.25, 0.3) is 0 Å². The standard InChI is InChI=1S/C37H70N14O11/c38-9-1-5-19(39)13-25(54)44-10-2-6-20(40)14-26(55)45-11-3-7-21(41)15-27(56)46-12-4-8-22(42)16-28(57)48-31-32(58)33(62-36(43)60)24(18-52)61-35(31)51-37-49-29-23(53)17-47-34(59)30(29)50-37/h19-24,29-33,35,52-53,58H,1-18,38-42H2,(H2,43,60)(H,44,54)(H,45,55)(H,46,56)(H,47,59)(H,48,57)(H2,49,50,51)/t19-,20-,21-,22-,23+,24-,29+,30-,31-,32-,33-,35-/m0/s1. The Morgan fingerprint density at radius 1 is 0.790 bits per heavy atom. The number of aliphatic hydroxyl groups is 3. The van der Waals surface area contributed by atoms with Gasteiger partial charge in [0.05, 0.1) is 18.8 Å². The van der Waals surface area contributed by atoms with Crippen molar-refractivity contribution in [2.75, 3.05) is 39.3 Å². The number of β-amino-alcohol motifs (C(OH)–C–C–N with tert-alkyl or cyclic N) is 1. The largest absolute Gasteiger partial charge is 0.441 e. The highest BCUT2D eigenvalue weighted by Crippen LogP contribution is 2.24. The second kappa shape index (κ2) is 26.9. The molecule has 3 rings (SSSR count). The number of nitrogens with two attached hydrogens (primary N) is 6. The Morgan fingerprint density at radius 3 is 1.73 bits per heavy atom. The van der Waals surface area contributed by atoms with E-state index >= 15 is 0 Å².